The second-order valence-electron chi connectivity index (χ2n) is 7.50. The van der Waals surface area contributed by atoms with Crippen molar-refractivity contribution in [3.63, 3.8) is 0 Å². The number of carbonyl (C=O) groups excluding carboxylic acids is 2. The van der Waals surface area contributed by atoms with Gasteiger partial charge in [-0.1, -0.05) is 43.6 Å². The fraction of sp³-hybridized carbons (Fsp3) is 0.364. The third-order valence-electron chi connectivity index (χ3n) is 5.45. The van der Waals surface area contributed by atoms with Crippen LogP contribution in [0.25, 0.3) is 0 Å². The lowest BCUT2D eigenvalue weighted by Gasteiger charge is -2.34. The Bertz CT molecular complexity index is 980. The first-order chi connectivity index (χ1) is 13.9. The molecular weight excluding hydrogens is 408 g/mol. The van der Waals surface area contributed by atoms with E-state index in [1.165, 1.54) is 11.8 Å². The maximum absolute atomic E-state index is 13.9. The van der Waals surface area contributed by atoms with E-state index in [-0.39, 0.29) is 17.7 Å². The molecule has 0 aromatic heterocycles. The van der Waals surface area contributed by atoms with Gasteiger partial charge < -0.3 is 14.5 Å². The molecule has 0 aliphatic carbocycles. The van der Waals surface area contributed by atoms with Crippen molar-refractivity contribution in [2.45, 2.75) is 25.3 Å². The summed E-state index contributed by atoms with van der Waals surface area (Å²) in [7, 11) is 1.60. The molecule has 0 saturated carbocycles. The highest BCUT2D eigenvalue weighted by molar-refractivity contribution is 8.01. The first-order valence-corrected chi connectivity index (χ1v) is 11.0. The molecule has 4 rings (SSSR count). The molecule has 2 aliphatic heterocycles. The highest BCUT2D eigenvalue weighted by Gasteiger charge is 2.59. The van der Waals surface area contributed by atoms with Gasteiger partial charge >= 0.3 is 0 Å². The molecule has 152 valence electrons. The van der Waals surface area contributed by atoms with Crippen LogP contribution in [-0.4, -0.2) is 36.1 Å². The molecule has 2 aromatic rings. The highest BCUT2D eigenvalue weighted by atomic mass is 35.5. The molecule has 5 nitrogen and oxygen atoms in total. The van der Waals surface area contributed by atoms with E-state index in [4.69, 9.17) is 16.3 Å². The molecule has 2 aromatic carbocycles. The summed E-state index contributed by atoms with van der Waals surface area (Å²) in [5, 5.41) is 0.616. The topological polar surface area (TPSA) is 49.9 Å². The summed E-state index contributed by atoms with van der Waals surface area (Å²) < 4.78 is 5.43. The SMILES string of the molecule is COc1ccc2c(c1)[C@]1(SCCN1C(=O)C(C)C)C(=O)N2Cc1ccccc1Cl. The quantitative estimate of drug-likeness (QED) is 0.726. The van der Waals surface area contributed by atoms with Gasteiger partial charge in [-0.05, 0) is 29.8 Å². The molecule has 0 N–H and O–H groups in total. The Hall–Kier alpha value is -2.18. The smallest absolute Gasteiger partial charge is 0.268 e. The molecule has 1 saturated heterocycles. The van der Waals surface area contributed by atoms with Crippen molar-refractivity contribution in [3.05, 3.63) is 58.6 Å². The van der Waals surface area contributed by atoms with E-state index >= 15 is 0 Å². The number of thioether (sulfide) groups is 1. The molecule has 0 unspecified atom stereocenters. The van der Waals surface area contributed by atoms with Crippen LogP contribution in [0, 0.1) is 5.92 Å². The number of amides is 2. The van der Waals surface area contributed by atoms with Crippen LogP contribution >= 0.6 is 23.4 Å². The monoisotopic (exact) mass is 430 g/mol. The number of hydrogen-bond acceptors (Lipinski definition) is 4. The minimum absolute atomic E-state index is 0.0169. The van der Waals surface area contributed by atoms with Crippen molar-refractivity contribution in [1.29, 1.82) is 0 Å². The lowest BCUT2D eigenvalue weighted by Crippen LogP contribution is -2.51. The molecule has 1 atom stereocenters. The fourth-order valence-electron chi connectivity index (χ4n) is 4.01. The molecule has 29 heavy (non-hydrogen) atoms. The molecule has 1 spiro atoms. The molecular formula is C22H23ClN2O3S. The highest BCUT2D eigenvalue weighted by Crippen LogP contribution is 2.55. The minimum atomic E-state index is -1.05. The van der Waals surface area contributed by atoms with Gasteiger partial charge in [0.15, 0.2) is 4.87 Å². The number of halogens is 1. The zero-order valence-electron chi connectivity index (χ0n) is 16.6. The maximum atomic E-state index is 13.9. The maximum Gasteiger partial charge on any atom is 0.268 e. The first-order valence-electron chi connectivity index (χ1n) is 9.59. The second-order valence-corrected chi connectivity index (χ2v) is 9.20. The lowest BCUT2D eigenvalue weighted by atomic mass is 10.0. The van der Waals surface area contributed by atoms with Gasteiger partial charge in [0.05, 0.1) is 19.3 Å². The first kappa shape index (κ1) is 20.1. The Morgan fingerprint density at radius 2 is 2.03 bits per heavy atom. The molecule has 2 aliphatic rings. The van der Waals surface area contributed by atoms with Gasteiger partial charge in [0.25, 0.3) is 5.91 Å². The Kier molecular flexibility index (Phi) is 5.25. The second kappa shape index (κ2) is 7.58. The van der Waals surface area contributed by atoms with Crippen LogP contribution in [0.15, 0.2) is 42.5 Å². The summed E-state index contributed by atoms with van der Waals surface area (Å²) >= 11 is 7.89. The van der Waals surface area contributed by atoms with E-state index in [1.54, 1.807) is 16.9 Å². The number of methoxy groups -OCH3 is 1. The van der Waals surface area contributed by atoms with Crippen LogP contribution in [0.4, 0.5) is 5.69 Å². The predicted octanol–water partition coefficient (Wildman–Crippen LogP) is 4.28. The van der Waals surface area contributed by atoms with E-state index in [2.05, 4.69) is 0 Å². The van der Waals surface area contributed by atoms with Gasteiger partial charge in [0, 0.05) is 28.8 Å². The van der Waals surface area contributed by atoms with Crippen molar-refractivity contribution >= 4 is 40.9 Å². The average molecular weight is 431 g/mol. The standard InChI is InChI=1S/C22H23ClN2O3S/c1-14(2)20(26)25-10-11-29-22(25)17-12-16(28-3)8-9-19(17)24(21(22)27)13-15-6-4-5-7-18(15)23/h4-9,12,14H,10-11,13H2,1-3H3/t22-/m0/s1. The molecule has 2 amide bonds. The molecule has 0 bridgehead atoms. The van der Waals surface area contributed by atoms with Crippen molar-refractivity contribution in [2.24, 2.45) is 5.92 Å². The molecule has 0 radical (unpaired) electrons. The van der Waals surface area contributed by atoms with Crippen molar-refractivity contribution in [2.75, 3.05) is 24.3 Å². The van der Waals surface area contributed by atoms with Crippen molar-refractivity contribution in [3.8, 4) is 5.75 Å². The van der Waals surface area contributed by atoms with Gasteiger partial charge in [-0.2, -0.15) is 0 Å². The van der Waals surface area contributed by atoms with E-state index < -0.39 is 4.87 Å². The summed E-state index contributed by atoms with van der Waals surface area (Å²) in [6, 6.07) is 13.1. The zero-order valence-corrected chi connectivity index (χ0v) is 18.2. The molecule has 1 fully saturated rings. The number of benzene rings is 2. The van der Waals surface area contributed by atoms with Gasteiger partial charge in [0.1, 0.15) is 5.75 Å². The van der Waals surface area contributed by atoms with Gasteiger partial charge in [0.2, 0.25) is 5.91 Å². The summed E-state index contributed by atoms with van der Waals surface area (Å²) in [5.41, 5.74) is 2.48. The number of rotatable bonds is 4. The van der Waals surface area contributed by atoms with Crippen LogP contribution in [0.3, 0.4) is 0 Å². The van der Waals surface area contributed by atoms with Crippen LogP contribution in [0.5, 0.6) is 5.75 Å². The van der Waals surface area contributed by atoms with Gasteiger partial charge in [-0.3, -0.25) is 9.59 Å². The number of ether oxygens (including phenoxy) is 1. The Balaban J connectivity index is 1.85. The third-order valence-corrected chi connectivity index (χ3v) is 7.23. The zero-order chi connectivity index (χ0) is 20.8. The normalized spacial score (nSPS) is 20.7. The lowest BCUT2D eigenvalue weighted by molar-refractivity contribution is -0.142. The minimum Gasteiger partial charge on any atom is -0.497 e. The Morgan fingerprint density at radius 3 is 2.72 bits per heavy atom. The number of carbonyl (C=O) groups is 2. The summed E-state index contributed by atoms with van der Waals surface area (Å²) in [4.78, 5) is 29.3. The molecule has 2 heterocycles. The summed E-state index contributed by atoms with van der Waals surface area (Å²) in [6.07, 6.45) is 0. The molecule has 7 heteroatoms. The van der Waals surface area contributed by atoms with Gasteiger partial charge in [-0.25, -0.2) is 0 Å². The van der Waals surface area contributed by atoms with E-state index in [9.17, 15) is 9.59 Å². The Labute approximate surface area is 180 Å². The van der Waals surface area contributed by atoms with E-state index in [1.807, 2.05) is 56.3 Å². The number of fused-ring (bicyclic) bond motifs is 2. The summed E-state index contributed by atoms with van der Waals surface area (Å²) in [6.45, 7) is 4.63. The van der Waals surface area contributed by atoms with Crippen LogP contribution in [-0.2, 0) is 21.0 Å². The largest absolute Gasteiger partial charge is 0.497 e. The van der Waals surface area contributed by atoms with Crippen LogP contribution in [0.1, 0.15) is 25.0 Å². The fourth-order valence-corrected chi connectivity index (χ4v) is 5.66. The van der Waals surface area contributed by atoms with E-state index in [0.29, 0.717) is 29.6 Å². The van der Waals surface area contributed by atoms with Crippen molar-refractivity contribution in [1.82, 2.24) is 4.90 Å². The number of anilines is 1. The van der Waals surface area contributed by atoms with Crippen LogP contribution in [0.2, 0.25) is 5.02 Å². The summed E-state index contributed by atoms with van der Waals surface area (Å²) in [5.74, 6) is 1.07. The van der Waals surface area contributed by atoms with Crippen LogP contribution < -0.4 is 9.64 Å². The number of nitrogens with zero attached hydrogens (tertiary/aromatic N) is 2. The van der Waals surface area contributed by atoms with Crippen molar-refractivity contribution < 1.29 is 14.3 Å². The average Bonchev–Trinajstić information content (AvgIpc) is 3.25. The Morgan fingerprint density at radius 1 is 1.28 bits per heavy atom. The predicted molar refractivity (Wildman–Crippen MR) is 116 cm³/mol. The number of hydrogen-bond donors (Lipinski definition) is 0. The van der Waals surface area contributed by atoms with E-state index in [0.717, 1.165) is 16.8 Å². The third kappa shape index (κ3) is 3.09. The van der Waals surface area contributed by atoms with Gasteiger partial charge in [-0.15, -0.1) is 11.8 Å².